The lowest BCUT2D eigenvalue weighted by molar-refractivity contribution is -0.137. The van der Waals surface area contributed by atoms with E-state index in [-0.39, 0.29) is 24.7 Å². The summed E-state index contributed by atoms with van der Waals surface area (Å²) < 4.78 is 20.0. The van der Waals surface area contributed by atoms with Crippen LogP contribution in [-0.4, -0.2) is 32.3 Å². The van der Waals surface area contributed by atoms with Gasteiger partial charge in [0.25, 0.3) is 5.78 Å². The number of rotatable bonds is 4. The number of carbonyl (C=O) groups is 2. The molecule has 18 heavy (non-hydrogen) atoms. The standard InChI is InChI=1S/C12H12O6/c1-3-16-12(14)10(13)8-4-7(15-2)5-9-11(8)18-6-17-9/h4-5H,3,6H2,1-2H3. The highest BCUT2D eigenvalue weighted by Crippen LogP contribution is 2.39. The van der Waals surface area contributed by atoms with Gasteiger partial charge in [-0.25, -0.2) is 4.79 Å². The Morgan fingerprint density at radius 2 is 2.11 bits per heavy atom. The zero-order valence-corrected chi connectivity index (χ0v) is 10.0. The van der Waals surface area contributed by atoms with Crippen molar-refractivity contribution in [2.45, 2.75) is 6.92 Å². The molecule has 6 heteroatoms. The Hall–Kier alpha value is -2.24. The SMILES string of the molecule is CCOC(=O)C(=O)c1cc(OC)cc2c1OCO2. The molecule has 1 aliphatic heterocycles. The van der Waals surface area contributed by atoms with Gasteiger partial charge in [0.05, 0.1) is 19.3 Å². The van der Waals surface area contributed by atoms with Gasteiger partial charge in [0.15, 0.2) is 11.5 Å². The first kappa shape index (κ1) is 12.2. The van der Waals surface area contributed by atoms with Crippen LogP contribution in [0.2, 0.25) is 0 Å². The molecule has 0 radical (unpaired) electrons. The molecule has 96 valence electrons. The van der Waals surface area contributed by atoms with Gasteiger partial charge in [-0.2, -0.15) is 0 Å². The molecule has 0 spiro atoms. The van der Waals surface area contributed by atoms with E-state index in [2.05, 4.69) is 4.74 Å². The first-order valence-electron chi connectivity index (χ1n) is 5.36. The maximum atomic E-state index is 11.9. The second-order valence-electron chi connectivity index (χ2n) is 3.46. The lowest BCUT2D eigenvalue weighted by Gasteiger charge is -2.07. The van der Waals surface area contributed by atoms with E-state index in [9.17, 15) is 9.59 Å². The summed E-state index contributed by atoms with van der Waals surface area (Å²) in [6.45, 7) is 1.76. The maximum Gasteiger partial charge on any atom is 0.379 e. The fraction of sp³-hybridized carbons (Fsp3) is 0.333. The molecule has 0 saturated carbocycles. The molecule has 2 rings (SSSR count). The van der Waals surface area contributed by atoms with Crippen LogP contribution in [0.1, 0.15) is 17.3 Å². The molecule has 1 aliphatic rings. The number of Topliss-reactive ketones (excluding diaryl/α,β-unsaturated/α-hetero) is 1. The predicted molar refractivity (Wildman–Crippen MR) is 60.1 cm³/mol. The van der Waals surface area contributed by atoms with E-state index < -0.39 is 11.8 Å². The summed E-state index contributed by atoms with van der Waals surface area (Å²) in [5.74, 6) is -0.677. The van der Waals surface area contributed by atoms with Gasteiger partial charge in [-0.15, -0.1) is 0 Å². The Balaban J connectivity index is 2.40. The van der Waals surface area contributed by atoms with Crippen LogP contribution >= 0.6 is 0 Å². The third kappa shape index (κ3) is 2.09. The molecule has 0 saturated heterocycles. The first-order valence-corrected chi connectivity index (χ1v) is 5.36. The van der Waals surface area contributed by atoms with Crippen molar-refractivity contribution in [2.75, 3.05) is 20.5 Å². The van der Waals surface area contributed by atoms with Crippen molar-refractivity contribution in [1.29, 1.82) is 0 Å². The van der Waals surface area contributed by atoms with Gasteiger partial charge in [0.1, 0.15) is 5.75 Å². The van der Waals surface area contributed by atoms with Crippen LogP contribution < -0.4 is 14.2 Å². The molecule has 0 N–H and O–H groups in total. The lowest BCUT2D eigenvalue weighted by Crippen LogP contribution is -2.18. The van der Waals surface area contributed by atoms with Crippen LogP contribution in [0.5, 0.6) is 17.2 Å². The summed E-state index contributed by atoms with van der Waals surface area (Å²) in [6, 6.07) is 3.01. The highest BCUT2D eigenvalue weighted by atomic mass is 16.7. The number of fused-ring (bicyclic) bond motifs is 1. The molecule has 0 fully saturated rings. The van der Waals surface area contributed by atoms with Crippen molar-refractivity contribution < 1.29 is 28.5 Å². The molecule has 6 nitrogen and oxygen atoms in total. The third-order valence-corrected chi connectivity index (χ3v) is 2.39. The number of ether oxygens (including phenoxy) is 4. The summed E-state index contributed by atoms with van der Waals surface area (Å²) in [5, 5.41) is 0. The number of hydrogen-bond acceptors (Lipinski definition) is 6. The number of ketones is 1. The first-order chi connectivity index (χ1) is 8.67. The van der Waals surface area contributed by atoms with Crippen molar-refractivity contribution in [1.82, 2.24) is 0 Å². The Labute approximate surface area is 103 Å². The Morgan fingerprint density at radius 1 is 1.33 bits per heavy atom. The van der Waals surface area contributed by atoms with Crippen LogP contribution in [-0.2, 0) is 9.53 Å². The average molecular weight is 252 g/mol. The molecule has 0 bridgehead atoms. The van der Waals surface area contributed by atoms with Gasteiger partial charge in [0.2, 0.25) is 6.79 Å². The number of benzene rings is 1. The van der Waals surface area contributed by atoms with Crippen LogP contribution in [0.4, 0.5) is 0 Å². The molecule has 0 aliphatic carbocycles. The summed E-state index contributed by atoms with van der Waals surface area (Å²) in [5.41, 5.74) is 0.0836. The second-order valence-corrected chi connectivity index (χ2v) is 3.46. The van der Waals surface area contributed by atoms with E-state index in [1.165, 1.54) is 13.2 Å². The van der Waals surface area contributed by atoms with Crippen molar-refractivity contribution in [2.24, 2.45) is 0 Å². The monoisotopic (exact) mass is 252 g/mol. The highest BCUT2D eigenvalue weighted by molar-refractivity contribution is 6.41. The van der Waals surface area contributed by atoms with Gasteiger partial charge in [-0.3, -0.25) is 4.79 Å². The summed E-state index contributed by atoms with van der Waals surface area (Å²) >= 11 is 0. The Bertz CT molecular complexity index is 494. The summed E-state index contributed by atoms with van der Waals surface area (Å²) in [6.07, 6.45) is 0. The molecule has 0 unspecified atom stereocenters. The second kappa shape index (κ2) is 4.95. The minimum Gasteiger partial charge on any atom is -0.497 e. The van der Waals surface area contributed by atoms with E-state index in [0.29, 0.717) is 11.5 Å². The fourth-order valence-electron chi connectivity index (χ4n) is 1.58. The van der Waals surface area contributed by atoms with Crippen LogP contribution in [0.25, 0.3) is 0 Å². The molecule has 1 aromatic rings. The summed E-state index contributed by atoms with van der Waals surface area (Å²) in [4.78, 5) is 23.3. The smallest absolute Gasteiger partial charge is 0.379 e. The zero-order valence-electron chi connectivity index (χ0n) is 10.0. The van der Waals surface area contributed by atoms with Gasteiger partial charge in [-0.1, -0.05) is 0 Å². The van der Waals surface area contributed by atoms with E-state index in [1.807, 2.05) is 0 Å². The molecule has 0 atom stereocenters. The normalized spacial score (nSPS) is 12.1. The maximum absolute atomic E-state index is 11.9. The fourth-order valence-corrected chi connectivity index (χ4v) is 1.58. The van der Waals surface area contributed by atoms with Crippen LogP contribution in [0.15, 0.2) is 12.1 Å². The zero-order chi connectivity index (χ0) is 13.1. The quantitative estimate of drug-likeness (QED) is 0.455. The van der Waals surface area contributed by atoms with E-state index in [1.54, 1.807) is 13.0 Å². The van der Waals surface area contributed by atoms with E-state index in [0.717, 1.165) is 0 Å². The topological polar surface area (TPSA) is 71.1 Å². The van der Waals surface area contributed by atoms with Crippen LogP contribution in [0, 0.1) is 0 Å². The molecule has 1 heterocycles. The predicted octanol–water partition coefficient (Wildman–Crippen LogP) is 1.17. The van der Waals surface area contributed by atoms with Crippen molar-refractivity contribution >= 4 is 11.8 Å². The van der Waals surface area contributed by atoms with Gasteiger partial charge >= 0.3 is 5.97 Å². The van der Waals surface area contributed by atoms with Gasteiger partial charge in [0, 0.05) is 6.07 Å². The van der Waals surface area contributed by atoms with Crippen molar-refractivity contribution in [3.05, 3.63) is 17.7 Å². The van der Waals surface area contributed by atoms with Gasteiger partial charge < -0.3 is 18.9 Å². The van der Waals surface area contributed by atoms with Gasteiger partial charge in [-0.05, 0) is 13.0 Å². The average Bonchev–Trinajstić information content (AvgIpc) is 2.84. The number of esters is 1. The number of carbonyl (C=O) groups excluding carboxylic acids is 2. The molecule has 0 aromatic heterocycles. The molecule has 0 amide bonds. The largest absolute Gasteiger partial charge is 0.497 e. The lowest BCUT2D eigenvalue weighted by atomic mass is 10.1. The number of hydrogen-bond donors (Lipinski definition) is 0. The van der Waals surface area contributed by atoms with Crippen molar-refractivity contribution in [3.8, 4) is 17.2 Å². The highest BCUT2D eigenvalue weighted by Gasteiger charge is 2.28. The molecular weight excluding hydrogens is 240 g/mol. The molecular formula is C12H12O6. The Kier molecular flexibility index (Phi) is 3.36. The minimum absolute atomic E-state index is 0.00556. The number of methoxy groups -OCH3 is 1. The summed E-state index contributed by atoms with van der Waals surface area (Å²) in [7, 11) is 1.45. The minimum atomic E-state index is -0.927. The third-order valence-electron chi connectivity index (χ3n) is 2.39. The Morgan fingerprint density at radius 3 is 2.78 bits per heavy atom. The molecule has 1 aromatic carbocycles. The van der Waals surface area contributed by atoms with E-state index >= 15 is 0 Å². The van der Waals surface area contributed by atoms with Crippen molar-refractivity contribution in [3.63, 3.8) is 0 Å². The van der Waals surface area contributed by atoms with E-state index in [4.69, 9.17) is 14.2 Å². The van der Waals surface area contributed by atoms with Crippen LogP contribution in [0.3, 0.4) is 0 Å².